The lowest BCUT2D eigenvalue weighted by Crippen LogP contribution is -2.47. The third-order valence-electron chi connectivity index (χ3n) is 3.86. The standard InChI is InChI=1S/C15H22N2O2/c1-11-15(3,8-9-19-11)16-10-13-4-6-14(7-5-13)17-12(2)18/h4-7,11,16H,8-10H2,1-3H3,(H,17,18). The normalized spacial score (nSPS) is 26.4. The Morgan fingerprint density at radius 2 is 2.11 bits per heavy atom. The van der Waals surface area contributed by atoms with E-state index >= 15 is 0 Å². The van der Waals surface area contributed by atoms with E-state index in [1.165, 1.54) is 12.5 Å². The number of ether oxygens (including phenoxy) is 1. The second-order valence-corrected chi connectivity index (χ2v) is 5.41. The molecule has 0 bridgehead atoms. The molecular weight excluding hydrogens is 240 g/mol. The van der Waals surface area contributed by atoms with E-state index in [4.69, 9.17) is 4.74 Å². The van der Waals surface area contributed by atoms with Crippen LogP contribution in [-0.2, 0) is 16.1 Å². The maximum atomic E-state index is 10.9. The molecule has 2 N–H and O–H groups in total. The van der Waals surface area contributed by atoms with Gasteiger partial charge in [0.2, 0.25) is 5.91 Å². The lowest BCUT2D eigenvalue weighted by Gasteiger charge is -2.29. The molecule has 2 rings (SSSR count). The molecule has 0 saturated carbocycles. The van der Waals surface area contributed by atoms with Gasteiger partial charge in [0.05, 0.1) is 6.10 Å². The molecule has 1 fully saturated rings. The topological polar surface area (TPSA) is 50.4 Å². The van der Waals surface area contributed by atoms with Crippen LogP contribution in [0.15, 0.2) is 24.3 Å². The molecule has 0 spiro atoms. The van der Waals surface area contributed by atoms with Gasteiger partial charge in [-0.25, -0.2) is 0 Å². The number of carbonyl (C=O) groups is 1. The number of rotatable bonds is 4. The number of anilines is 1. The predicted molar refractivity (Wildman–Crippen MR) is 76.0 cm³/mol. The maximum absolute atomic E-state index is 10.9. The summed E-state index contributed by atoms with van der Waals surface area (Å²) in [5.41, 5.74) is 2.09. The van der Waals surface area contributed by atoms with Crippen LogP contribution >= 0.6 is 0 Å². The van der Waals surface area contributed by atoms with Crippen LogP contribution in [0.5, 0.6) is 0 Å². The number of amides is 1. The molecule has 1 aromatic carbocycles. The van der Waals surface area contributed by atoms with Gasteiger partial charge in [0, 0.05) is 31.3 Å². The Bertz CT molecular complexity index is 444. The number of nitrogens with one attached hydrogen (secondary N) is 2. The first-order valence-corrected chi connectivity index (χ1v) is 6.73. The van der Waals surface area contributed by atoms with Gasteiger partial charge in [-0.05, 0) is 38.0 Å². The lowest BCUT2D eigenvalue weighted by atomic mass is 9.94. The summed E-state index contributed by atoms with van der Waals surface area (Å²) in [4.78, 5) is 10.9. The van der Waals surface area contributed by atoms with Crippen molar-refractivity contribution in [2.45, 2.75) is 45.4 Å². The Morgan fingerprint density at radius 3 is 2.63 bits per heavy atom. The monoisotopic (exact) mass is 262 g/mol. The van der Waals surface area contributed by atoms with Gasteiger partial charge in [-0.15, -0.1) is 0 Å². The van der Waals surface area contributed by atoms with Gasteiger partial charge < -0.3 is 15.4 Å². The minimum absolute atomic E-state index is 0.0460. The first-order chi connectivity index (χ1) is 8.99. The first-order valence-electron chi connectivity index (χ1n) is 6.73. The summed E-state index contributed by atoms with van der Waals surface area (Å²) in [5, 5.41) is 6.34. The van der Waals surface area contributed by atoms with Crippen molar-refractivity contribution in [1.82, 2.24) is 5.32 Å². The number of hydrogen-bond donors (Lipinski definition) is 2. The summed E-state index contributed by atoms with van der Waals surface area (Å²) >= 11 is 0. The van der Waals surface area contributed by atoms with Crippen molar-refractivity contribution in [3.8, 4) is 0 Å². The van der Waals surface area contributed by atoms with Crippen molar-refractivity contribution < 1.29 is 9.53 Å². The minimum Gasteiger partial charge on any atom is -0.377 e. The smallest absolute Gasteiger partial charge is 0.221 e. The fraction of sp³-hybridized carbons (Fsp3) is 0.533. The molecule has 19 heavy (non-hydrogen) atoms. The quantitative estimate of drug-likeness (QED) is 0.875. The van der Waals surface area contributed by atoms with Crippen LogP contribution < -0.4 is 10.6 Å². The van der Waals surface area contributed by atoms with Gasteiger partial charge in [0.15, 0.2) is 0 Å². The Kier molecular flexibility index (Phi) is 4.22. The van der Waals surface area contributed by atoms with Gasteiger partial charge in [-0.1, -0.05) is 12.1 Å². The van der Waals surface area contributed by atoms with Gasteiger partial charge in [0.25, 0.3) is 0 Å². The van der Waals surface area contributed by atoms with Crippen molar-refractivity contribution >= 4 is 11.6 Å². The molecule has 1 aromatic rings. The Morgan fingerprint density at radius 1 is 1.42 bits per heavy atom. The van der Waals surface area contributed by atoms with Crippen molar-refractivity contribution in [3.05, 3.63) is 29.8 Å². The van der Waals surface area contributed by atoms with E-state index in [2.05, 4.69) is 24.5 Å². The minimum atomic E-state index is -0.0460. The highest BCUT2D eigenvalue weighted by Gasteiger charge is 2.36. The van der Waals surface area contributed by atoms with E-state index in [-0.39, 0.29) is 17.6 Å². The molecule has 0 radical (unpaired) electrons. The van der Waals surface area contributed by atoms with Crippen molar-refractivity contribution in [3.63, 3.8) is 0 Å². The zero-order valence-corrected chi connectivity index (χ0v) is 11.8. The molecule has 4 nitrogen and oxygen atoms in total. The molecule has 1 saturated heterocycles. The second-order valence-electron chi connectivity index (χ2n) is 5.41. The summed E-state index contributed by atoms with van der Waals surface area (Å²) in [6.07, 6.45) is 1.28. The third kappa shape index (κ3) is 3.55. The molecule has 1 heterocycles. The van der Waals surface area contributed by atoms with E-state index < -0.39 is 0 Å². The molecule has 104 valence electrons. The summed E-state index contributed by atoms with van der Waals surface area (Å²) in [6, 6.07) is 7.91. The Hall–Kier alpha value is -1.39. The number of hydrogen-bond acceptors (Lipinski definition) is 3. The molecule has 0 aliphatic carbocycles. The van der Waals surface area contributed by atoms with Crippen LogP contribution in [0.4, 0.5) is 5.69 Å². The third-order valence-corrected chi connectivity index (χ3v) is 3.86. The van der Waals surface area contributed by atoms with Crippen LogP contribution in [0.25, 0.3) is 0 Å². The zero-order chi connectivity index (χ0) is 13.9. The highest BCUT2D eigenvalue weighted by atomic mass is 16.5. The highest BCUT2D eigenvalue weighted by Crippen LogP contribution is 2.25. The largest absolute Gasteiger partial charge is 0.377 e. The van der Waals surface area contributed by atoms with E-state index in [1.807, 2.05) is 24.3 Å². The van der Waals surface area contributed by atoms with Crippen LogP contribution in [-0.4, -0.2) is 24.2 Å². The average Bonchev–Trinajstić information content (AvgIpc) is 2.69. The van der Waals surface area contributed by atoms with Crippen LogP contribution in [0.2, 0.25) is 0 Å². The molecule has 1 aliphatic heterocycles. The summed E-state index contributed by atoms with van der Waals surface area (Å²) in [6.45, 7) is 7.46. The highest BCUT2D eigenvalue weighted by molar-refractivity contribution is 5.88. The van der Waals surface area contributed by atoms with E-state index in [9.17, 15) is 4.79 Å². The molecule has 2 atom stereocenters. The second kappa shape index (κ2) is 5.72. The number of carbonyl (C=O) groups excluding carboxylic acids is 1. The van der Waals surface area contributed by atoms with Gasteiger partial charge in [-0.3, -0.25) is 4.79 Å². The molecule has 0 aromatic heterocycles. The van der Waals surface area contributed by atoms with Crippen molar-refractivity contribution in [2.75, 3.05) is 11.9 Å². The fourth-order valence-corrected chi connectivity index (χ4v) is 2.28. The fourth-order valence-electron chi connectivity index (χ4n) is 2.28. The van der Waals surface area contributed by atoms with Gasteiger partial charge in [0.1, 0.15) is 0 Å². The molecule has 4 heteroatoms. The van der Waals surface area contributed by atoms with Gasteiger partial charge in [-0.2, -0.15) is 0 Å². The lowest BCUT2D eigenvalue weighted by molar-refractivity contribution is -0.114. The Labute approximate surface area is 114 Å². The average molecular weight is 262 g/mol. The maximum Gasteiger partial charge on any atom is 0.221 e. The summed E-state index contributed by atoms with van der Waals surface area (Å²) in [5.74, 6) is -0.0460. The molecule has 2 unspecified atom stereocenters. The zero-order valence-electron chi connectivity index (χ0n) is 11.8. The van der Waals surface area contributed by atoms with E-state index in [0.717, 1.165) is 25.3 Å². The predicted octanol–water partition coefficient (Wildman–Crippen LogP) is 2.30. The first kappa shape index (κ1) is 14.0. The molecule has 1 aliphatic rings. The van der Waals surface area contributed by atoms with E-state index in [1.54, 1.807) is 0 Å². The summed E-state index contributed by atoms with van der Waals surface area (Å²) in [7, 11) is 0. The van der Waals surface area contributed by atoms with E-state index in [0.29, 0.717) is 0 Å². The molecular formula is C15H22N2O2. The van der Waals surface area contributed by atoms with Gasteiger partial charge >= 0.3 is 0 Å². The molecule has 1 amide bonds. The SMILES string of the molecule is CC(=O)Nc1ccc(CNC2(C)CCOC2C)cc1. The number of benzene rings is 1. The van der Waals surface area contributed by atoms with Crippen molar-refractivity contribution in [1.29, 1.82) is 0 Å². The van der Waals surface area contributed by atoms with Crippen LogP contribution in [0.1, 0.15) is 32.8 Å². The van der Waals surface area contributed by atoms with Crippen molar-refractivity contribution in [2.24, 2.45) is 0 Å². The van der Waals surface area contributed by atoms with Crippen LogP contribution in [0, 0.1) is 0 Å². The summed E-state index contributed by atoms with van der Waals surface area (Å²) < 4.78 is 5.61. The Balaban J connectivity index is 1.91. The van der Waals surface area contributed by atoms with Crippen LogP contribution in [0.3, 0.4) is 0 Å².